The van der Waals surface area contributed by atoms with Crippen LogP contribution in [0.5, 0.6) is 0 Å². The molecular weight excluding hydrogens is 332 g/mol. The van der Waals surface area contributed by atoms with E-state index in [0.29, 0.717) is 23.5 Å². The Hall–Kier alpha value is -3.22. The van der Waals surface area contributed by atoms with Crippen LogP contribution in [0.15, 0.2) is 42.6 Å². The van der Waals surface area contributed by atoms with E-state index in [1.807, 2.05) is 31.1 Å². The fourth-order valence-electron chi connectivity index (χ4n) is 2.79. The van der Waals surface area contributed by atoms with E-state index in [-0.39, 0.29) is 30.1 Å². The highest BCUT2D eigenvalue weighted by Gasteiger charge is 2.30. The average Bonchev–Trinajstić information content (AvgIpc) is 2.94. The maximum absolute atomic E-state index is 12.4. The second-order valence-corrected chi connectivity index (χ2v) is 6.47. The second-order valence-electron chi connectivity index (χ2n) is 6.47. The van der Waals surface area contributed by atoms with E-state index in [1.54, 1.807) is 30.5 Å². The van der Waals surface area contributed by atoms with Crippen LogP contribution in [0.1, 0.15) is 22.3 Å². The minimum Gasteiger partial charge on any atom is -0.363 e. The van der Waals surface area contributed by atoms with Crippen molar-refractivity contribution < 1.29 is 14.4 Å². The van der Waals surface area contributed by atoms with Crippen molar-refractivity contribution in [3.63, 3.8) is 0 Å². The van der Waals surface area contributed by atoms with Crippen LogP contribution in [-0.2, 0) is 16.0 Å². The highest BCUT2D eigenvalue weighted by Crippen LogP contribution is 2.19. The number of hydrogen-bond acceptors (Lipinski definition) is 5. The second kappa shape index (κ2) is 7.35. The topological polar surface area (TPSA) is 91.4 Å². The van der Waals surface area contributed by atoms with Crippen LogP contribution in [-0.4, -0.2) is 36.8 Å². The Morgan fingerprint density at radius 3 is 2.58 bits per heavy atom. The number of carbonyl (C=O) groups excluding carboxylic acids is 3. The summed E-state index contributed by atoms with van der Waals surface area (Å²) in [6, 6.07) is 10.7. The summed E-state index contributed by atoms with van der Waals surface area (Å²) in [6.45, 7) is 0. The van der Waals surface area contributed by atoms with Gasteiger partial charge in [0.1, 0.15) is 5.82 Å². The molecule has 1 fully saturated rings. The molecule has 1 aromatic heterocycles. The Balaban J connectivity index is 1.64. The van der Waals surface area contributed by atoms with E-state index < -0.39 is 0 Å². The maximum Gasteiger partial charge on any atom is 0.255 e. The van der Waals surface area contributed by atoms with Crippen LogP contribution in [0.25, 0.3) is 0 Å². The van der Waals surface area contributed by atoms with Crippen molar-refractivity contribution >= 4 is 29.2 Å². The van der Waals surface area contributed by atoms with Gasteiger partial charge in [-0.15, -0.1) is 0 Å². The SMILES string of the molecule is CN(C)c1cc(C(=O)Nc2ccc(C[C@@H]3CC(=O)NC3=O)cc2)ccn1. The third kappa shape index (κ3) is 4.05. The molecule has 2 N–H and O–H groups in total. The first-order valence-electron chi connectivity index (χ1n) is 8.30. The van der Waals surface area contributed by atoms with Crippen molar-refractivity contribution in [3.05, 3.63) is 53.7 Å². The van der Waals surface area contributed by atoms with Crippen molar-refractivity contribution in [2.45, 2.75) is 12.8 Å². The van der Waals surface area contributed by atoms with Crippen LogP contribution < -0.4 is 15.5 Å². The van der Waals surface area contributed by atoms with Gasteiger partial charge in [-0.05, 0) is 36.2 Å². The summed E-state index contributed by atoms with van der Waals surface area (Å²) < 4.78 is 0. The molecule has 0 radical (unpaired) electrons. The lowest BCUT2D eigenvalue weighted by Gasteiger charge is -2.12. The minimum absolute atomic E-state index is 0.219. The zero-order valence-corrected chi connectivity index (χ0v) is 14.7. The van der Waals surface area contributed by atoms with Gasteiger partial charge in [0.15, 0.2) is 0 Å². The van der Waals surface area contributed by atoms with Crippen molar-refractivity contribution in [1.82, 2.24) is 10.3 Å². The van der Waals surface area contributed by atoms with E-state index in [0.717, 1.165) is 5.56 Å². The molecule has 0 bridgehead atoms. The van der Waals surface area contributed by atoms with E-state index in [4.69, 9.17) is 0 Å². The number of aromatic nitrogens is 1. The third-order valence-electron chi connectivity index (χ3n) is 4.23. The molecule has 0 spiro atoms. The molecule has 26 heavy (non-hydrogen) atoms. The largest absolute Gasteiger partial charge is 0.363 e. The number of nitrogens with one attached hydrogen (secondary N) is 2. The fourth-order valence-corrected chi connectivity index (χ4v) is 2.79. The smallest absolute Gasteiger partial charge is 0.255 e. The van der Waals surface area contributed by atoms with Gasteiger partial charge in [0, 0.05) is 38.0 Å². The summed E-state index contributed by atoms with van der Waals surface area (Å²) in [5.41, 5.74) is 2.12. The van der Waals surface area contributed by atoms with Gasteiger partial charge in [-0.3, -0.25) is 19.7 Å². The third-order valence-corrected chi connectivity index (χ3v) is 4.23. The van der Waals surface area contributed by atoms with Gasteiger partial charge >= 0.3 is 0 Å². The summed E-state index contributed by atoms with van der Waals surface area (Å²) >= 11 is 0. The molecule has 7 heteroatoms. The summed E-state index contributed by atoms with van der Waals surface area (Å²) in [4.78, 5) is 41.3. The molecule has 134 valence electrons. The van der Waals surface area contributed by atoms with E-state index in [2.05, 4.69) is 15.6 Å². The van der Waals surface area contributed by atoms with Gasteiger partial charge < -0.3 is 10.2 Å². The predicted molar refractivity (Wildman–Crippen MR) is 97.9 cm³/mol. The van der Waals surface area contributed by atoms with Crippen molar-refractivity contribution in [1.29, 1.82) is 0 Å². The number of amides is 3. The Kier molecular flexibility index (Phi) is 4.97. The number of nitrogens with zero attached hydrogens (tertiary/aromatic N) is 2. The standard InChI is InChI=1S/C19H20N4O3/c1-23(2)16-10-13(7-8-20-16)18(25)21-15-5-3-12(4-6-15)9-14-11-17(24)22-19(14)26/h3-8,10,14H,9,11H2,1-2H3,(H,21,25)(H,22,24,26)/t14-/m1/s1. The molecule has 7 nitrogen and oxygen atoms in total. The fraction of sp³-hybridized carbons (Fsp3) is 0.263. The van der Waals surface area contributed by atoms with Crippen LogP contribution in [0.3, 0.4) is 0 Å². The summed E-state index contributed by atoms with van der Waals surface area (Å²) in [7, 11) is 3.72. The molecule has 1 aromatic carbocycles. The monoisotopic (exact) mass is 352 g/mol. The molecule has 1 atom stereocenters. The lowest BCUT2D eigenvalue weighted by atomic mass is 9.98. The highest BCUT2D eigenvalue weighted by atomic mass is 16.2. The molecular formula is C19H20N4O3. The van der Waals surface area contributed by atoms with Gasteiger partial charge in [-0.2, -0.15) is 0 Å². The molecule has 0 unspecified atom stereocenters. The van der Waals surface area contributed by atoms with Gasteiger partial charge in [-0.25, -0.2) is 4.98 Å². The maximum atomic E-state index is 12.4. The number of rotatable bonds is 5. The number of anilines is 2. The lowest BCUT2D eigenvalue weighted by Crippen LogP contribution is -2.22. The first kappa shape index (κ1) is 17.6. The van der Waals surface area contributed by atoms with Gasteiger partial charge in [0.2, 0.25) is 11.8 Å². The van der Waals surface area contributed by atoms with Gasteiger partial charge in [0.05, 0.1) is 5.92 Å². The number of benzene rings is 1. The van der Waals surface area contributed by atoms with Crippen LogP contribution in [0.2, 0.25) is 0 Å². The molecule has 2 heterocycles. The Morgan fingerprint density at radius 2 is 1.96 bits per heavy atom. The molecule has 2 aromatic rings. The molecule has 1 saturated heterocycles. The quantitative estimate of drug-likeness (QED) is 0.798. The summed E-state index contributed by atoms with van der Waals surface area (Å²) in [5.74, 6) is -0.272. The minimum atomic E-state index is -0.316. The first-order chi connectivity index (χ1) is 12.4. The Bertz CT molecular complexity index is 846. The van der Waals surface area contributed by atoms with Crippen LogP contribution >= 0.6 is 0 Å². The molecule has 3 amide bonds. The van der Waals surface area contributed by atoms with Crippen molar-refractivity contribution in [2.24, 2.45) is 5.92 Å². The lowest BCUT2D eigenvalue weighted by molar-refractivity contribution is -0.125. The zero-order chi connectivity index (χ0) is 18.7. The first-order valence-corrected chi connectivity index (χ1v) is 8.30. The van der Waals surface area contributed by atoms with Gasteiger partial charge in [0.25, 0.3) is 5.91 Å². The van der Waals surface area contributed by atoms with E-state index in [9.17, 15) is 14.4 Å². The normalized spacial score (nSPS) is 16.3. The van der Waals surface area contributed by atoms with Crippen molar-refractivity contribution in [3.8, 4) is 0 Å². The number of imide groups is 1. The molecule has 1 aliphatic rings. The van der Waals surface area contributed by atoms with Crippen LogP contribution in [0, 0.1) is 5.92 Å². The number of carbonyl (C=O) groups is 3. The van der Waals surface area contributed by atoms with Gasteiger partial charge in [-0.1, -0.05) is 12.1 Å². The highest BCUT2D eigenvalue weighted by molar-refractivity contribution is 6.05. The molecule has 1 aliphatic heterocycles. The predicted octanol–water partition coefficient (Wildman–Crippen LogP) is 1.61. The van der Waals surface area contributed by atoms with Crippen LogP contribution in [0.4, 0.5) is 11.5 Å². The Morgan fingerprint density at radius 1 is 1.23 bits per heavy atom. The van der Waals surface area contributed by atoms with Crippen molar-refractivity contribution in [2.75, 3.05) is 24.3 Å². The van der Waals surface area contributed by atoms with E-state index in [1.165, 1.54) is 0 Å². The number of hydrogen-bond donors (Lipinski definition) is 2. The number of pyridine rings is 1. The Labute approximate surface area is 151 Å². The zero-order valence-electron chi connectivity index (χ0n) is 14.7. The molecule has 0 saturated carbocycles. The molecule has 0 aliphatic carbocycles. The summed E-state index contributed by atoms with van der Waals surface area (Å²) in [5, 5.41) is 5.15. The average molecular weight is 352 g/mol. The summed E-state index contributed by atoms with van der Waals surface area (Å²) in [6.07, 6.45) is 2.33. The molecule has 3 rings (SSSR count). The van der Waals surface area contributed by atoms with E-state index >= 15 is 0 Å².